The van der Waals surface area contributed by atoms with Crippen molar-refractivity contribution in [3.05, 3.63) is 29.3 Å². The Bertz CT molecular complexity index is 253. The average molecular weight is 190 g/mol. The molecule has 0 saturated carbocycles. The summed E-state index contributed by atoms with van der Waals surface area (Å²) in [7, 11) is 0. The molecule has 1 rings (SSSR count). The van der Waals surface area contributed by atoms with Gasteiger partial charge in [0.05, 0.1) is 13.2 Å². The molecular weight excluding hydrogens is 178 g/mol. The van der Waals surface area contributed by atoms with E-state index in [4.69, 9.17) is 15.9 Å². The lowest BCUT2D eigenvalue weighted by atomic mass is 10.1. The maximum absolute atomic E-state index is 8.78. The van der Waals surface area contributed by atoms with Crippen molar-refractivity contribution in [2.75, 3.05) is 5.73 Å². The fourth-order valence-corrected chi connectivity index (χ4v) is 0.894. The summed E-state index contributed by atoms with van der Waals surface area (Å²) in [6, 6.07) is 5.10. The van der Waals surface area contributed by atoms with E-state index < -0.39 is 0 Å². The van der Waals surface area contributed by atoms with Gasteiger partial charge >= 0.3 is 0 Å². The molecule has 0 aliphatic heterocycles. The molecule has 0 amide bonds. The number of anilines is 1. The molecule has 0 aromatic heterocycles. The number of benzene rings is 1. The molecule has 0 fully saturated rings. The zero-order chi connectivity index (χ0) is 8.27. The number of aliphatic hydroxyl groups excluding tert-OH is 2. The highest BCUT2D eigenvalue weighted by atomic mass is 35.5. The number of nitrogen functional groups attached to an aromatic ring is 1. The van der Waals surface area contributed by atoms with Crippen molar-refractivity contribution >= 4 is 18.1 Å². The third kappa shape index (κ3) is 2.37. The highest BCUT2D eigenvalue weighted by Gasteiger charge is 1.97. The second kappa shape index (κ2) is 4.98. The Balaban J connectivity index is 0.00000121. The first-order valence-corrected chi connectivity index (χ1v) is 3.37. The van der Waals surface area contributed by atoms with Gasteiger partial charge in [0.1, 0.15) is 0 Å². The van der Waals surface area contributed by atoms with E-state index in [-0.39, 0.29) is 25.6 Å². The van der Waals surface area contributed by atoms with Gasteiger partial charge in [-0.05, 0) is 17.7 Å². The van der Waals surface area contributed by atoms with Crippen molar-refractivity contribution in [2.45, 2.75) is 13.2 Å². The van der Waals surface area contributed by atoms with Crippen molar-refractivity contribution in [2.24, 2.45) is 0 Å². The quantitative estimate of drug-likeness (QED) is 0.600. The van der Waals surface area contributed by atoms with Crippen LogP contribution < -0.4 is 5.73 Å². The molecule has 0 aliphatic carbocycles. The monoisotopic (exact) mass is 189 g/mol. The Morgan fingerprint density at radius 3 is 2.33 bits per heavy atom. The van der Waals surface area contributed by atoms with Gasteiger partial charge in [-0.1, -0.05) is 6.07 Å². The van der Waals surface area contributed by atoms with Crippen LogP contribution in [0.4, 0.5) is 5.69 Å². The molecule has 0 radical (unpaired) electrons. The first kappa shape index (κ1) is 11.2. The van der Waals surface area contributed by atoms with Crippen molar-refractivity contribution in [1.82, 2.24) is 0 Å². The summed E-state index contributed by atoms with van der Waals surface area (Å²) in [5, 5.41) is 17.5. The van der Waals surface area contributed by atoms with Gasteiger partial charge in [-0.25, -0.2) is 0 Å². The van der Waals surface area contributed by atoms with Crippen molar-refractivity contribution in [1.29, 1.82) is 0 Å². The van der Waals surface area contributed by atoms with Crippen molar-refractivity contribution in [3.8, 4) is 0 Å². The Kier molecular flexibility index (Phi) is 4.66. The van der Waals surface area contributed by atoms with Gasteiger partial charge in [-0.3, -0.25) is 0 Å². The fraction of sp³-hybridized carbons (Fsp3) is 0.250. The van der Waals surface area contributed by atoms with Gasteiger partial charge in [0.15, 0.2) is 0 Å². The molecule has 0 spiro atoms. The van der Waals surface area contributed by atoms with Crippen LogP contribution in [0.1, 0.15) is 11.1 Å². The van der Waals surface area contributed by atoms with Gasteiger partial charge < -0.3 is 15.9 Å². The molecule has 1 aromatic rings. The summed E-state index contributed by atoms with van der Waals surface area (Å²) in [5.74, 6) is 0. The van der Waals surface area contributed by atoms with Gasteiger partial charge in [0.25, 0.3) is 0 Å². The Hall–Kier alpha value is -0.770. The number of rotatable bonds is 2. The van der Waals surface area contributed by atoms with Crippen LogP contribution in [0.15, 0.2) is 18.2 Å². The summed E-state index contributed by atoms with van der Waals surface area (Å²) in [6.45, 7) is -0.104. The molecule has 0 saturated heterocycles. The van der Waals surface area contributed by atoms with E-state index >= 15 is 0 Å². The van der Waals surface area contributed by atoms with Gasteiger partial charge in [0.2, 0.25) is 0 Å². The van der Waals surface area contributed by atoms with E-state index in [1.54, 1.807) is 18.2 Å². The lowest BCUT2D eigenvalue weighted by molar-refractivity contribution is 0.276. The SMILES string of the molecule is Cl.Nc1ccc(CO)cc1CO. The van der Waals surface area contributed by atoms with Crippen LogP contribution in [-0.4, -0.2) is 10.2 Å². The van der Waals surface area contributed by atoms with E-state index in [9.17, 15) is 0 Å². The van der Waals surface area contributed by atoms with Crippen LogP contribution in [0, 0.1) is 0 Å². The van der Waals surface area contributed by atoms with E-state index in [1.165, 1.54) is 0 Å². The van der Waals surface area contributed by atoms with Crippen LogP contribution in [0.25, 0.3) is 0 Å². The van der Waals surface area contributed by atoms with Crippen LogP contribution in [-0.2, 0) is 13.2 Å². The molecular formula is C8H12ClNO2. The van der Waals surface area contributed by atoms with E-state index in [2.05, 4.69) is 0 Å². The van der Waals surface area contributed by atoms with Crippen molar-refractivity contribution < 1.29 is 10.2 Å². The van der Waals surface area contributed by atoms with Crippen LogP contribution in [0.3, 0.4) is 0 Å². The number of nitrogens with two attached hydrogens (primary N) is 1. The van der Waals surface area contributed by atoms with Gasteiger partial charge in [-0.2, -0.15) is 0 Å². The second-order valence-corrected chi connectivity index (χ2v) is 2.35. The summed E-state index contributed by atoms with van der Waals surface area (Å²) in [5.41, 5.74) is 7.50. The highest BCUT2D eigenvalue weighted by Crippen LogP contribution is 2.13. The van der Waals surface area contributed by atoms with E-state index in [1.807, 2.05) is 0 Å². The smallest absolute Gasteiger partial charge is 0.0702 e. The third-order valence-electron chi connectivity index (χ3n) is 1.56. The number of halogens is 1. The van der Waals surface area contributed by atoms with Crippen molar-refractivity contribution in [3.63, 3.8) is 0 Å². The maximum Gasteiger partial charge on any atom is 0.0702 e. The molecule has 68 valence electrons. The molecule has 4 N–H and O–H groups in total. The normalized spacial score (nSPS) is 9.17. The molecule has 3 nitrogen and oxygen atoms in total. The number of aliphatic hydroxyl groups is 2. The van der Waals surface area contributed by atoms with E-state index in [0.29, 0.717) is 11.3 Å². The minimum Gasteiger partial charge on any atom is -0.398 e. The molecule has 12 heavy (non-hydrogen) atoms. The second-order valence-electron chi connectivity index (χ2n) is 2.35. The lowest BCUT2D eigenvalue weighted by Gasteiger charge is -2.03. The fourth-order valence-electron chi connectivity index (χ4n) is 0.894. The van der Waals surface area contributed by atoms with E-state index in [0.717, 1.165) is 5.56 Å². The largest absolute Gasteiger partial charge is 0.398 e. The average Bonchev–Trinajstić information content (AvgIpc) is 2.05. The minimum absolute atomic E-state index is 0. The molecule has 1 aromatic carbocycles. The number of hydrogen-bond donors (Lipinski definition) is 3. The first-order chi connectivity index (χ1) is 5.27. The molecule has 0 heterocycles. The standard InChI is InChI=1S/C8H11NO2.ClH/c9-8-2-1-6(4-10)3-7(8)5-11;/h1-3,10-11H,4-5,9H2;1H. The topological polar surface area (TPSA) is 66.5 Å². The Morgan fingerprint density at radius 1 is 1.17 bits per heavy atom. The van der Waals surface area contributed by atoms with Crippen LogP contribution >= 0.6 is 12.4 Å². The summed E-state index contributed by atoms with van der Waals surface area (Å²) >= 11 is 0. The van der Waals surface area contributed by atoms with Gasteiger partial charge in [0, 0.05) is 11.3 Å². The summed E-state index contributed by atoms with van der Waals surface area (Å²) in [4.78, 5) is 0. The number of hydrogen-bond acceptors (Lipinski definition) is 3. The molecule has 4 heteroatoms. The maximum atomic E-state index is 8.78. The zero-order valence-electron chi connectivity index (χ0n) is 6.53. The lowest BCUT2D eigenvalue weighted by Crippen LogP contribution is -1.95. The summed E-state index contributed by atoms with van der Waals surface area (Å²) in [6.07, 6.45) is 0. The molecule has 0 bridgehead atoms. The highest BCUT2D eigenvalue weighted by molar-refractivity contribution is 5.85. The third-order valence-corrected chi connectivity index (χ3v) is 1.56. The predicted octanol–water partition coefficient (Wildman–Crippen LogP) is 0.675. The van der Waals surface area contributed by atoms with Gasteiger partial charge in [-0.15, -0.1) is 12.4 Å². The zero-order valence-corrected chi connectivity index (χ0v) is 7.34. The molecule has 0 unspecified atom stereocenters. The minimum atomic E-state index is -0.0837. The van der Waals surface area contributed by atoms with Crippen LogP contribution in [0.2, 0.25) is 0 Å². The molecule has 0 aliphatic rings. The predicted molar refractivity (Wildman–Crippen MR) is 49.9 cm³/mol. The first-order valence-electron chi connectivity index (χ1n) is 3.37. The Morgan fingerprint density at radius 2 is 1.83 bits per heavy atom. The Labute approximate surface area is 77.2 Å². The summed E-state index contributed by atoms with van der Waals surface area (Å²) < 4.78 is 0. The van der Waals surface area contributed by atoms with Crippen LogP contribution in [0.5, 0.6) is 0 Å². The molecule has 0 atom stereocenters.